The van der Waals surface area contributed by atoms with Crippen molar-refractivity contribution in [3.8, 4) is 0 Å². The van der Waals surface area contributed by atoms with Gasteiger partial charge in [-0.1, -0.05) is 68.1 Å². The minimum atomic E-state index is -1.43. The molecule has 3 N–H and O–H groups in total. The first-order chi connectivity index (χ1) is 15.5. The van der Waals surface area contributed by atoms with E-state index in [-0.39, 0.29) is 12.8 Å². The summed E-state index contributed by atoms with van der Waals surface area (Å²) in [5.74, 6) is -1.59. The van der Waals surface area contributed by atoms with Gasteiger partial charge in [0.1, 0.15) is 0 Å². The molecule has 0 bridgehead atoms. The van der Waals surface area contributed by atoms with Crippen molar-refractivity contribution < 1.29 is 24.9 Å². The second-order valence-corrected chi connectivity index (χ2v) is 9.19. The molecule has 0 fully saturated rings. The Hall–Kier alpha value is -2.31. The van der Waals surface area contributed by atoms with E-state index in [0.29, 0.717) is 5.75 Å². The van der Waals surface area contributed by atoms with Crippen LogP contribution in [-0.2, 0) is 28.9 Å². The zero-order valence-corrected chi connectivity index (χ0v) is 19.4. The maximum atomic E-state index is 11.1. The molecule has 0 saturated carbocycles. The number of carbonyl (C=O) groups is 2. The number of hydrogen-bond donors (Lipinski definition) is 3. The summed E-state index contributed by atoms with van der Waals surface area (Å²) in [6, 6.07) is 16.2. The van der Waals surface area contributed by atoms with E-state index < -0.39 is 18.0 Å². The van der Waals surface area contributed by atoms with Gasteiger partial charge in [-0.3, -0.25) is 4.79 Å². The second-order valence-electron chi connectivity index (χ2n) is 8.05. The third-order valence-electron chi connectivity index (χ3n) is 5.49. The van der Waals surface area contributed by atoms with Gasteiger partial charge >= 0.3 is 11.9 Å². The summed E-state index contributed by atoms with van der Waals surface area (Å²) in [7, 11) is 0. The van der Waals surface area contributed by atoms with Crippen LogP contribution in [0.25, 0.3) is 0 Å². The molecule has 1 atom stereocenters. The maximum Gasteiger partial charge on any atom is 0.332 e. The maximum absolute atomic E-state index is 11.1. The zero-order chi connectivity index (χ0) is 23.2. The number of aliphatic hydroxyl groups is 1. The van der Waals surface area contributed by atoms with Gasteiger partial charge in [0.2, 0.25) is 0 Å². The number of benzene rings is 2. The van der Waals surface area contributed by atoms with Crippen LogP contribution in [0, 0.1) is 0 Å². The van der Waals surface area contributed by atoms with Crippen molar-refractivity contribution in [1.29, 1.82) is 0 Å². The summed E-state index contributed by atoms with van der Waals surface area (Å²) in [6.07, 6.45) is 7.51. The molecule has 0 heterocycles. The summed E-state index contributed by atoms with van der Waals surface area (Å²) in [4.78, 5) is 22.9. The Kier molecular flexibility index (Phi) is 11.9. The molecule has 0 saturated heterocycles. The van der Waals surface area contributed by atoms with Crippen LogP contribution in [0.4, 0.5) is 0 Å². The molecule has 32 heavy (non-hydrogen) atoms. The van der Waals surface area contributed by atoms with Crippen LogP contribution in [0.5, 0.6) is 0 Å². The van der Waals surface area contributed by atoms with E-state index in [1.54, 1.807) is 0 Å². The highest BCUT2D eigenvalue weighted by molar-refractivity contribution is 7.99. The van der Waals surface area contributed by atoms with Gasteiger partial charge in [0.25, 0.3) is 0 Å². The van der Waals surface area contributed by atoms with Crippen molar-refractivity contribution in [1.82, 2.24) is 0 Å². The minimum Gasteiger partial charge on any atom is -0.481 e. The third-order valence-corrected chi connectivity index (χ3v) is 6.59. The molecular weight excluding hydrogens is 424 g/mol. The van der Waals surface area contributed by atoms with Gasteiger partial charge < -0.3 is 15.3 Å². The van der Waals surface area contributed by atoms with E-state index in [2.05, 4.69) is 24.3 Å². The molecule has 2 rings (SSSR count). The summed E-state index contributed by atoms with van der Waals surface area (Å²) in [5.41, 5.74) is 3.27. The topological polar surface area (TPSA) is 94.8 Å². The Morgan fingerprint density at radius 2 is 1.47 bits per heavy atom. The van der Waals surface area contributed by atoms with E-state index in [4.69, 9.17) is 10.2 Å². The van der Waals surface area contributed by atoms with Crippen LogP contribution in [0.1, 0.15) is 61.6 Å². The van der Waals surface area contributed by atoms with Crippen LogP contribution in [0.2, 0.25) is 0 Å². The van der Waals surface area contributed by atoms with Gasteiger partial charge in [0.15, 0.2) is 6.10 Å². The van der Waals surface area contributed by atoms with E-state index in [0.717, 1.165) is 48.1 Å². The Morgan fingerprint density at radius 3 is 2.12 bits per heavy atom. The molecule has 2 aromatic rings. The number of carboxylic acid groups (broad SMARTS) is 2. The van der Waals surface area contributed by atoms with Gasteiger partial charge in [-0.05, 0) is 48.4 Å². The summed E-state index contributed by atoms with van der Waals surface area (Å²) < 4.78 is 0. The molecule has 0 aliphatic carbocycles. The van der Waals surface area contributed by atoms with E-state index in [1.165, 1.54) is 36.6 Å². The smallest absolute Gasteiger partial charge is 0.332 e. The number of aliphatic hydroxyl groups excluding tert-OH is 1. The lowest BCUT2D eigenvalue weighted by Crippen LogP contribution is -2.22. The van der Waals surface area contributed by atoms with Gasteiger partial charge in [0.05, 0.1) is 6.42 Å². The highest BCUT2D eigenvalue weighted by atomic mass is 32.2. The molecule has 0 unspecified atom stereocenters. The molecule has 0 aromatic heterocycles. The predicted octanol–water partition coefficient (Wildman–Crippen LogP) is 5.37. The predicted molar refractivity (Wildman–Crippen MR) is 128 cm³/mol. The first kappa shape index (κ1) is 25.9. The lowest BCUT2D eigenvalue weighted by molar-refractivity contribution is -0.146. The van der Waals surface area contributed by atoms with Crippen LogP contribution in [-0.4, -0.2) is 39.1 Å². The second kappa shape index (κ2) is 14.7. The fourth-order valence-electron chi connectivity index (χ4n) is 3.75. The van der Waals surface area contributed by atoms with Crippen molar-refractivity contribution in [2.24, 2.45) is 0 Å². The van der Waals surface area contributed by atoms with Crippen molar-refractivity contribution in [2.45, 2.75) is 75.2 Å². The number of rotatable bonds is 16. The highest BCUT2D eigenvalue weighted by Crippen LogP contribution is 2.29. The molecule has 0 amide bonds. The van der Waals surface area contributed by atoms with E-state index in [1.807, 2.05) is 24.3 Å². The van der Waals surface area contributed by atoms with Crippen LogP contribution < -0.4 is 0 Å². The van der Waals surface area contributed by atoms with Crippen molar-refractivity contribution in [3.63, 3.8) is 0 Å². The van der Waals surface area contributed by atoms with Gasteiger partial charge in [0, 0.05) is 17.1 Å². The number of carboxylic acids is 2. The monoisotopic (exact) mass is 458 g/mol. The minimum absolute atomic E-state index is 0.0669. The van der Waals surface area contributed by atoms with E-state index in [9.17, 15) is 14.7 Å². The first-order valence-corrected chi connectivity index (χ1v) is 12.4. The normalized spacial score (nSPS) is 11.9. The Labute approximate surface area is 194 Å². The molecule has 2 aromatic carbocycles. The van der Waals surface area contributed by atoms with Crippen molar-refractivity contribution in [3.05, 3.63) is 65.2 Å². The zero-order valence-electron chi connectivity index (χ0n) is 18.5. The van der Waals surface area contributed by atoms with Crippen LogP contribution in [0.15, 0.2) is 53.4 Å². The number of thioether (sulfide) groups is 1. The molecule has 5 nitrogen and oxygen atoms in total. The number of hydrogen-bond acceptors (Lipinski definition) is 4. The molecule has 0 aliphatic rings. The van der Waals surface area contributed by atoms with Crippen molar-refractivity contribution in [2.75, 3.05) is 5.75 Å². The average Bonchev–Trinajstić information content (AvgIpc) is 2.77. The molecule has 6 heteroatoms. The van der Waals surface area contributed by atoms with Gasteiger partial charge in [-0.2, -0.15) is 0 Å². The quantitative estimate of drug-likeness (QED) is 0.231. The van der Waals surface area contributed by atoms with Gasteiger partial charge in [-0.25, -0.2) is 4.79 Å². The number of unbranched alkanes of at least 4 members (excludes halogenated alkanes) is 5. The fraction of sp³-hybridized carbons (Fsp3) is 0.462. The van der Waals surface area contributed by atoms with Gasteiger partial charge in [-0.15, -0.1) is 11.8 Å². The third kappa shape index (κ3) is 9.88. The lowest BCUT2D eigenvalue weighted by Gasteiger charge is -2.16. The fourth-order valence-corrected chi connectivity index (χ4v) is 4.83. The summed E-state index contributed by atoms with van der Waals surface area (Å²) >= 11 is 1.49. The molecular formula is C26H34O5S. The Morgan fingerprint density at radius 1 is 0.812 bits per heavy atom. The van der Waals surface area contributed by atoms with Crippen LogP contribution >= 0.6 is 11.8 Å². The lowest BCUT2D eigenvalue weighted by atomic mass is 9.96. The molecule has 0 aliphatic heterocycles. The average molecular weight is 459 g/mol. The molecule has 174 valence electrons. The SMILES string of the molecule is O=C(O)CCSc1cccc(C[C@@H](O)C(=O)O)c1CCCCCCCCc1ccccc1. The summed E-state index contributed by atoms with van der Waals surface area (Å²) in [5, 5.41) is 27.8. The highest BCUT2D eigenvalue weighted by Gasteiger charge is 2.17. The standard InChI is InChI=1S/C26H34O5S/c27-23(26(30)31)19-21-14-10-16-24(32-18-17-25(28)29)22(21)15-9-4-2-1-3-6-11-20-12-7-5-8-13-20/h5,7-8,10,12-14,16,23,27H,1-4,6,9,11,15,17-19H2,(H,28,29)(H,30,31)/t23-/m1/s1. The largest absolute Gasteiger partial charge is 0.481 e. The van der Waals surface area contributed by atoms with Crippen LogP contribution in [0.3, 0.4) is 0 Å². The Bertz CT molecular complexity index is 837. The molecule has 0 radical (unpaired) electrons. The summed E-state index contributed by atoms with van der Waals surface area (Å²) in [6.45, 7) is 0. The molecule has 0 spiro atoms. The number of aliphatic carboxylic acids is 2. The first-order valence-electron chi connectivity index (χ1n) is 11.4. The number of aryl methyl sites for hydroxylation is 1. The van der Waals surface area contributed by atoms with E-state index >= 15 is 0 Å². The van der Waals surface area contributed by atoms with Crippen molar-refractivity contribution >= 4 is 23.7 Å². The Balaban J connectivity index is 1.82.